The molecule has 1 amide bonds. The Morgan fingerprint density at radius 2 is 1.76 bits per heavy atom. The first-order chi connectivity index (χ1) is 16.0. The Labute approximate surface area is 195 Å². The molecule has 178 valence electrons. The topological polar surface area (TPSA) is 88.2 Å². The van der Waals surface area contributed by atoms with Crippen molar-refractivity contribution in [1.82, 2.24) is 9.21 Å². The first-order valence-corrected chi connectivity index (χ1v) is 12.9. The molecule has 9 heteroatoms. The normalized spacial score (nSPS) is 18.2. The number of nitrogens with one attached hydrogen (secondary N) is 1. The second kappa shape index (κ2) is 10.5. The van der Waals surface area contributed by atoms with Crippen LogP contribution in [-0.4, -0.2) is 69.5 Å². The third-order valence-corrected chi connectivity index (χ3v) is 7.86. The van der Waals surface area contributed by atoms with Gasteiger partial charge in [-0.05, 0) is 43.5 Å². The van der Waals surface area contributed by atoms with E-state index >= 15 is 0 Å². The number of amides is 1. The van der Waals surface area contributed by atoms with Crippen LogP contribution in [0.2, 0.25) is 0 Å². The zero-order valence-electron chi connectivity index (χ0n) is 18.9. The average Bonchev–Trinajstić information content (AvgIpc) is 3.39. The quantitative estimate of drug-likeness (QED) is 0.634. The Bertz CT molecular complexity index is 1050. The van der Waals surface area contributed by atoms with Gasteiger partial charge in [0.2, 0.25) is 15.9 Å². The second-order valence-corrected chi connectivity index (χ2v) is 10.0. The van der Waals surface area contributed by atoms with Gasteiger partial charge in [0.05, 0.1) is 19.8 Å². The van der Waals surface area contributed by atoms with Crippen molar-refractivity contribution < 1.29 is 22.7 Å². The fourth-order valence-corrected chi connectivity index (χ4v) is 5.79. The molecule has 1 atom stereocenters. The number of morpholine rings is 1. The molecule has 2 fully saturated rings. The van der Waals surface area contributed by atoms with Gasteiger partial charge in [0.25, 0.3) is 0 Å². The zero-order chi connectivity index (χ0) is 23.3. The molecule has 0 unspecified atom stereocenters. The maximum absolute atomic E-state index is 13.4. The van der Waals surface area contributed by atoms with E-state index in [1.807, 2.05) is 42.2 Å². The van der Waals surface area contributed by atoms with Crippen LogP contribution in [-0.2, 0) is 19.6 Å². The maximum Gasteiger partial charge on any atom is 0.249 e. The maximum atomic E-state index is 13.4. The van der Waals surface area contributed by atoms with Gasteiger partial charge in [0.15, 0.2) is 0 Å². The molecule has 0 aromatic heterocycles. The van der Waals surface area contributed by atoms with Crippen LogP contribution in [0.15, 0.2) is 53.4 Å². The minimum Gasteiger partial charge on any atom is -0.492 e. The average molecular weight is 474 g/mol. The number of sulfonamides is 1. The molecule has 1 N–H and O–H groups in total. The number of hydrogen-bond donors (Lipinski definition) is 1. The van der Waals surface area contributed by atoms with E-state index in [0.29, 0.717) is 44.3 Å². The SMILES string of the molecule is CCOc1ccc(N[C@H](C(=O)N2CCCC2)c2ccccc2)cc1S(=O)(=O)N1CCOCC1. The van der Waals surface area contributed by atoms with Crippen LogP contribution in [0.25, 0.3) is 0 Å². The monoisotopic (exact) mass is 473 g/mol. The highest BCUT2D eigenvalue weighted by molar-refractivity contribution is 7.89. The number of benzene rings is 2. The minimum absolute atomic E-state index is 0.00910. The van der Waals surface area contributed by atoms with E-state index in [9.17, 15) is 13.2 Å². The fourth-order valence-electron chi connectivity index (χ4n) is 4.22. The van der Waals surface area contributed by atoms with Gasteiger partial charge in [0, 0.05) is 31.9 Å². The molecule has 2 aliphatic rings. The van der Waals surface area contributed by atoms with Crippen molar-refractivity contribution in [2.75, 3.05) is 51.3 Å². The Kier molecular flexibility index (Phi) is 7.52. The molecule has 2 aromatic carbocycles. The van der Waals surface area contributed by atoms with E-state index in [-0.39, 0.29) is 10.8 Å². The number of carbonyl (C=O) groups excluding carboxylic acids is 1. The molecule has 2 aromatic rings. The van der Waals surface area contributed by atoms with Crippen molar-refractivity contribution in [3.8, 4) is 5.75 Å². The summed E-state index contributed by atoms with van der Waals surface area (Å²) in [6.45, 7) is 4.96. The summed E-state index contributed by atoms with van der Waals surface area (Å²) in [4.78, 5) is 15.3. The van der Waals surface area contributed by atoms with Crippen molar-refractivity contribution in [3.63, 3.8) is 0 Å². The van der Waals surface area contributed by atoms with Crippen molar-refractivity contribution in [2.45, 2.75) is 30.7 Å². The molecule has 0 radical (unpaired) electrons. The van der Waals surface area contributed by atoms with E-state index < -0.39 is 16.1 Å². The summed E-state index contributed by atoms with van der Waals surface area (Å²) in [5.74, 6) is 0.293. The molecule has 4 rings (SSSR count). The van der Waals surface area contributed by atoms with Gasteiger partial charge < -0.3 is 19.7 Å². The first kappa shape index (κ1) is 23.5. The van der Waals surface area contributed by atoms with Crippen LogP contribution in [0.3, 0.4) is 0 Å². The van der Waals surface area contributed by atoms with Gasteiger partial charge in [-0.1, -0.05) is 30.3 Å². The van der Waals surface area contributed by atoms with Crippen LogP contribution < -0.4 is 10.1 Å². The summed E-state index contributed by atoms with van der Waals surface area (Å²) in [6.07, 6.45) is 2.00. The Morgan fingerprint density at radius 3 is 2.42 bits per heavy atom. The van der Waals surface area contributed by atoms with Gasteiger partial charge in [0.1, 0.15) is 16.7 Å². The third kappa shape index (κ3) is 5.31. The highest BCUT2D eigenvalue weighted by atomic mass is 32.2. The molecule has 33 heavy (non-hydrogen) atoms. The summed E-state index contributed by atoms with van der Waals surface area (Å²) in [5.41, 5.74) is 1.38. The summed E-state index contributed by atoms with van der Waals surface area (Å²) < 4.78 is 39.2. The lowest BCUT2D eigenvalue weighted by Gasteiger charge is -2.28. The summed E-state index contributed by atoms with van der Waals surface area (Å²) in [5, 5.41) is 3.30. The molecule has 0 bridgehead atoms. The van der Waals surface area contributed by atoms with Crippen molar-refractivity contribution in [3.05, 3.63) is 54.1 Å². The van der Waals surface area contributed by atoms with Gasteiger partial charge in [-0.3, -0.25) is 4.79 Å². The molecule has 0 saturated carbocycles. The second-order valence-electron chi connectivity index (χ2n) is 8.13. The van der Waals surface area contributed by atoms with Crippen LogP contribution in [0, 0.1) is 0 Å². The molecule has 0 spiro atoms. The van der Waals surface area contributed by atoms with Gasteiger partial charge in [-0.2, -0.15) is 4.31 Å². The number of anilines is 1. The largest absolute Gasteiger partial charge is 0.492 e. The third-order valence-electron chi connectivity index (χ3n) is 5.94. The highest BCUT2D eigenvalue weighted by Crippen LogP contribution is 2.32. The summed E-state index contributed by atoms with van der Waals surface area (Å²) in [6, 6.07) is 13.9. The number of hydrogen-bond acceptors (Lipinski definition) is 6. The van der Waals surface area contributed by atoms with E-state index in [1.165, 1.54) is 4.31 Å². The molecular formula is C24H31N3O5S. The lowest BCUT2D eigenvalue weighted by atomic mass is 10.1. The number of ether oxygens (including phenoxy) is 2. The number of rotatable bonds is 8. The lowest BCUT2D eigenvalue weighted by molar-refractivity contribution is -0.131. The minimum atomic E-state index is -3.78. The lowest BCUT2D eigenvalue weighted by Crippen LogP contribution is -2.40. The van der Waals surface area contributed by atoms with E-state index in [4.69, 9.17) is 9.47 Å². The summed E-state index contributed by atoms with van der Waals surface area (Å²) >= 11 is 0. The Hall–Kier alpha value is -2.62. The molecule has 2 aliphatic heterocycles. The van der Waals surface area contributed by atoms with Gasteiger partial charge in [-0.25, -0.2) is 8.42 Å². The first-order valence-electron chi connectivity index (χ1n) is 11.5. The molecule has 8 nitrogen and oxygen atoms in total. The van der Waals surface area contributed by atoms with Crippen molar-refractivity contribution in [2.24, 2.45) is 0 Å². The zero-order valence-corrected chi connectivity index (χ0v) is 19.7. The fraction of sp³-hybridized carbons (Fsp3) is 0.458. The Balaban J connectivity index is 1.68. The summed E-state index contributed by atoms with van der Waals surface area (Å²) in [7, 11) is -3.78. The number of nitrogens with zero attached hydrogens (tertiary/aromatic N) is 2. The van der Waals surface area contributed by atoms with Gasteiger partial charge >= 0.3 is 0 Å². The predicted octanol–water partition coefficient (Wildman–Crippen LogP) is 2.88. The molecular weight excluding hydrogens is 442 g/mol. The number of carbonyl (C=O) groups is 1. The Morgan fingerprint density at radius 1 is 1.06 bits per heavy atom. The van der Waals surface area contributed by atoms with Crippen molar-refractivity contribution >= 4 is 21.6 Å². The van der Waals surface area contributed by atoms with Crippen LogP contribution >= 0.6 is 0 Å². The standard InChI is InChI=1S/C24H31N3O5S/c1-2-32-21-11-10-20(18-22(21)33(29,30)27-14-16-31-17-15-27)25-23(19-8-4-3-5-9-19)24(28)26-12-6-7-13-26/h3-5,8-11,18,23,25H,2,6-7,12-17H2,1H3/t23-/m0/s1. The predicted molar refractivity (Wildman–Crippen MR) is 126 cm³/mol. The van der Waals surface area contributed by atoms with Crippen LogP contribution in [0.5, 0.6) is 5.75 Å². The smallest absolute Gasteiger partial charge is 0.249 e. The molecule has 0 aliphatic carbocycles. The van der Waals surface area contributed by atoms with Gasteiger partial charge in [-0.15, -0.1) is 0 Å². The van der Waals surface area contributed by atoms with E-state index in [1.54, 1.807) is 18.2 Å². The number of likely N-dealkylation sites (tertiary alicyclic amines) is 1. The molecule has 2 heterocycles. The van der Waals surface area contributed by atoms with Crippen LogP contribution in [0.4, 0.5) is 5.69 Å². The van der Waals surface area contributed by atoms with Crippen molar-refractivity contribution in [1.29, 1.82) is 0 Å². The van der Waals surface area contributed by atoms with E-state index in [0.717, 1.165) is 31.5 Å². The van der Waals surface area contributed by atoms with E-state index in [2.05, 4.69) is 5.32 Å². The molecule has 2 saturated heterocycles. The highest BCUT2D eigenvalue weighted by Gasteiger charge is 2.31. The van der Waals surface area contributed by atoms with Crippen LogP contribution in [0.1, 0.15) is 31.4 Å².